The van der Waals surface area contributed by atoms with Crippen LogP contribution in [-0.2, 0) is 0 Å². The first-order valence-electron chi connectivity index (χ1n) is 6.02. The number of aryl methyl sites for hydroxylation is 1. The number of benzene rings is 1. The zero-order valence-corrected chi connectivity index (χ0v) is 10.9. The fraction of sp³-hybridized carbons (Fsp3) is 0.571. The van der Waals surface area contributed by atoms with Crippen LogP contribution in [0.1, 0.15) is 31.0 Å². The number of aliphatic hydroxyl groups excluding tert-OH is 2. The third-order valence-electron chi connectivity index (χ3n) is 3.18. The summed E-state index contributed by atoms with van der Waals surface area (Å²) in [6.45, 7) is 6.57. The Morgan fingerprint density at radius 1 is 1.18 bits per heavy atom. The van der Waals surface area contributed by atoms with Crippen molar-refractivity contribution in [1.82, 2.24) is 5.32 Å². The lowest BCUT2D eigenvalue weighted by Gasteiger charge is -2.27. The molecule has 3 nitrogen and oxygen atoms in total. The molecule has 0 spiro atoms. The highest BCUT2D eigenvalue weighted by Gasteiger charge is 2.22. The fourth-order valence-electron chi connectivity index (χ4n) is 1.53. The number of rotatable bonds is 6. The number of aliphatic hydroxyl groups is 2. The second-order valence-electron chi connectivity index (χ2n) is 5.14. The third-order valence-corrected chi connectivity index (χ3v) is 3.18. The Morgan fingerprint density at radius 2 is 1.71 bits per heavy atom. The summed E-state index contributed by atoms with van der Waals surface area (Å²) in [5.74, 6) is 0. The van der Waals surface area contributed by atoms with E-state index in [0.717, 1.165) is 0 Å². The minimum Gasteiger partial charge on any atom is -0.396 e. The molecule has 0 saturated heterocycles. The molecule has 0 aliphatic rings. The van der Waals surface area contributed by atoms with E-state index in [1.807, 2.05) is 6.92 Å². The predicted octanol–water partition coefficient (Wildman–Crippen LogP) is 1.64. The highest BCUT2D eigenvalue weighted by Crippen LogP contribution is 2.17. The average Bonchev–Trinajstić information content (AvgIpc) is 2.36. The molecule has 0 aromatic heterocycles. The van der Waals surface area contributed by atoms with Gasteiger partial charge >= 0.3 is 0 Å². The van der Waals surface area contributed by atoms with Crippen LogP contribution in [0, 0.1) is 12.3 Å². The molecule has 3 N–H and O–H groups in total. The Kier molecular flexibility index (Phi) is 5.12. The molecule has 0 amide bonds. The van der Waals surface area contributed by atoms with Crippen LogP contribution in [0.5, 0.6) is 0 Å². The summed E-state index contributed by atoms with van der Waals surface area (Å²) in [5, 5.41) is 21.8. The largest absolute Gasteiger partial charge is 0.396 e. The Morgan fingerprint density at radius 3 is 2.18 bits per heavy atom. The highest BCUT2D eigenvalue weighted by molar-refractivity contribution is 5.23. The smallest absolute Gasteiger partial charge is 0.0519 e. The molecular formula is C14H23NO2. The molecule has 1 aromatic carbocycles. The summed E-state index contributed by atoms with van der Waals surface area (Å²) in [5.41, 5.74) is 2.00. The van der Waals surface area contributed by atoms with Crippen molar-refractivity contribution in [3.63, 3.8) is 0 Å². The monoisotopic (exact) mass is 237 g/mol. The van der Waals surface area contributed by atoms with Crippen LogP contribution < -0.4 is 5.32 Å². The number of hydrogen-bond acceptors (Lipinski definition) is 3. The normalized spacial score (nSPS) is 13.7. The maximum Gasteiger partial charge on any atom is 0.0519 e. The highest BCUT2D eigenvalue weighted by atomic mass is 16.3. The van der Waals surface area contributed by atoms with Gasteiger partial charge in [-0.05, 0) is 19.4 Å². The lowest BCUT2D eigenvalue weighted by molar-refractivity contribution is 0.0677. The first kappa shape index (κ1) is 14.2. The molecule has 1 rings (SSSR count). The molecule has 1 atom stereocenters. The van der Waals surface area contributed by atoms with Gasteiger partial charge in [0, 0.05) is 18.0 Å². The predicted molar refractivity (Wildman–Crippen MR) is 69.9 cm³/mol. The summed E-state index contributed by atoms with van der Waals surface area (Å²) in [7, 11) is 0. The summed E-state index contributed by atoms with van der Waals surface area (Å²) in [6.07, 6.45) is 0. The molecule has 0 aliphatic heterocycles. The van der Waals surface area contributed by atoms with Gasteiger partial charge in [-0.3, -0.25) is 0 Å². The van der Waals surface area contributed by atoms with Crippen LogP contribution in [0.4, 0.5) is 0 Å². The molecule has 0 radical (unpaired) electrons. The molecule has 0 heterocycles. The quantitative estimate of drug-likeness (QED) is 0.705. The van der Waals surface area contributed by atoms with E-state index in [1.54, 1.807) is 0 Å². The second kappa shape index (κ2) is 6.15. The van der Waals surface area contributed by atoms with Gasteiger partial charge in [-0.25, -0.2) is 0 Å². The summed E-state index contributed by atoms with van der Waals surface area (Å²) < 4.78 is 0. The van der Waals surface area contributed by atoms with Crippen molar-refractivity contribution < 1.29 is 10.2 Å². The maximum absolute atomic E-state index is 9.21. The van der Waals surface area contributed by atoms with Gasteiger partial charge in [0.15, 0.2) is 0 Å². The van der Waals surface area contributed by atoms with Gasteiger partial charge in [-0.15, -0.1) is 0 Å². The lowest BCUT2D eigenvalue weighted by Crippen LogP contribution is -2.38. The zero-order valence-electron chi connectivity index (χ0n) is 10.9. The summed E-state index contributed by atoms with van der Waals surface area (Å²) in [4.78, 5) is 0. The van der Waals surface area contributed by atoms with Crippen molar-refractivity contribution in [2.24, 2.45) is 5.41 Å². The molecule has 0 fully saturated rings. The van der Waals surface area contributed by atoms with E-state index in [0.29, 0.717) is 6.54 Å². The molecule has 3 heteroatoms. The standard InChI is InChI=1S/C14H23NO2/c1-11-4-6-13(7-5-11)12(2)15-8-14(3,9-16)10-17/h4-7,12,15-17H,8-10H2,1-3H3/t12-/m1/s1. The van der Waals surface area contributed by atoms with Crippen molar-refractivity contribution >= 4 is 0 Å². The minimum atomic E-state index is -0.459. The van der Waals surface area contributed by atoms with E-state index in [1.165, 1.54) is 11.1 Å². The van der Waals surface area contributed by atoms with Gasteiger partial charge in [0.1, 0.15) is 0 Å². The minimum absolute atomic E-state index is 0.0167. The molecule has 0 saturated carbocycles. The van der Waals surface area contributed by atoms with Crippen LogP contribution >= 0.6 is 0 Å². The van der Waals surface area contributed by atoms with Crippen LogP contribution in [0.25, 0.3) is 0 Å². The zero-order chi connectivity index (χ0) is 12.9. The first-order chi connectivity index (χ1) is 8.00. The molecule has 0 unspecified atom stereocenters. The van der Waals surface area contributed by atoms with Gasteiger partial charge in [0.05, 0.1) is 13.2 Å². The fourth-order valence-corrected chi connectivity index (χ4v) is 1.53. The molecule has 17 heavy (non-hydrogen) atoms. The van der Waals surface area contributed by atoms with Crippen LogP contribution in [0.3, 0.4) is 0 Å². The van der Waals surface area contributed by atoms with E-state index in [9.17, 15) is 10.2 Å². The second-order valence-corrected chi connectivity index (χ2v) is 5.14. The van der Waals surface area contributed by atoms with Crippen molar-refractivity contribution in [2.75, 3.05) is 19.8 Å². The van der Waals surface area contributed by atoms with E-state index >= 15 is 0 Å². The van der Waals surface area contributed by atoms with Gasteiger partial charge in [0.2, 0.25) is 0 Å². The number of nitrogens with one attached hydrogen (secondary N) is 1. The number of hydrogen-bond donors (Lipinski definition) is 3. The molecule has 0 bridgehead atoms. The van der Waals surface area contributed by atoms with E-state index in [2.05, 4.69) is 43.4 Å². The van der Waals surface area contributed by atoms with E-state index < -0.39 is 5.41 Å². The Labute approximate surface area is 103 Å². The topological polar surface area (TPSA) is 52.5 Å². The van der Waals surface area contributed by atoms with Gasteiger partial charge in [-0.1, -0.05) is 36.8 Å². The van der Waals surface area contributed by atoms with Crippen molar-refractivity contribution in [1.29, 1.82) is 0 Å². The van der Waals surface area contributed by atoms with Crippen molar-refractivity contribution in [3.8, 4) is 0 Å². The van der Waals surface area contributed by atoms with Crippen LogP contribution in [0.15, 0.2) is 24.3 Å². The van der Waals surface area contributed by atoms with E-state index in [-0.39, 0.29) is 19.3 Å². The van der Waals surface area contributed by atoms with Gasteiger partial charge < -0.3 is 15.5 Å². The maximum atomic E-state index is 9.21. The van der Waals surface area contributed by atoms with Crippen molar-refractivity contribution in [2.45, 2.75) is 26.8 Å². The van der Waals surface area contributed by atoms with Crippen molar-refractivity contribution in [3.05, 3.63) is 35.4 Å². The first-order valence-corrected chi connectivity index (χ1v) is 6.02. The Hall–Kier alpha value is -0.900. The Balaban J connectivity index is 2.55. The third kappa shape index (κ3) is 4.11. The Bertz CT molecular complexity index is 331. The van der Waals surface area contributed by atoms with Crippen LogP contribution in [-0.4, -0.2) is 30.0 Å². The lowest BCUT2D eigenvalue weighted by atomic mass is 9.92. The SMILES string of the molecule is Cc1ccc([C@@H](C)NCC(C)(CO)CO)cc1. The van der Waals surface area contributed by atoms with Crippen LogP contribution in [0.2, 0.25) is 0 Å². The van der Waals surface area contributed by atoms with Gasteiger partial charge in [-0.2, -0.15) is 0 Å². The van der Waals surface area contributed by atoms with E-state index in [4.69, 9.17) is 0 Å². The van der Waals surface area contributed by atoms with Gasteiger partial charge in [0.25, 0.3) is 0 Å². The summed E-state index contributed by atoms with van der Waals surface area (Å²) in [6, 6.07) is 8.59. The molecule has 0 aliphatic carbocycles. The molecule has 1 aromatic rings. The molecular weight excluding hydrogens is 214 g/mol. The summed E-state index contributed by atoms with van der Waals surface area (Å²) >= 11 is 0. The molecule has 96 valence electrons. The average molecular weight is 237 g/mol.